The first-order valence-electron chi connectivity index (χ1n) is 8.86. The molecular formula is C18H28IN5S2. The number of aliphatic imine (C=N–C) groups is 1. The molecule has 1 saturated heterocycles. The van der Waals surface area contributed by atoms with E-state index in [4.69, 9.17) is 4.99 Å². The van der Waals surface area contributed by atoms with Gasteiger partial charge < -0.3 is 10.2 Å². The van der Waals surface area contributed by atoms with Gasteiger partial charge in [-0.2, -0.15) is 0 Å². The highest BCUT2D eigenvalue weighted by atomic mass is 127. The third-order valence-corrected chi connectivity index (χ3v) is 6.26. The first kappa shape index (κ1) is 21.6. The number of thiophene rings is 1. The van der Waals surface area contributed by atoms with Crippen molar-refractivity contribution in [2.24, 2.45) is 4.99 Å². The predicted molar refractivity (Wildman–Crippen MR) is 123 cm³/mol. The molecule has 0 spiro atoms. The third kappa shape index (κ3) is 5.90. The van der Waals surface area contributed by atoms with E-state index < -0.39 is 0 Å². The Hall–Kier alpha value is -0.710. The summed E-state index contributed by atoms with van der Waals surface area (Å²) in [4.78, 5) is 17.0. The van der Waals surface area contributed by atoms with Crippen LogP contribution in [0.25, 0.3) is 0 Å². The van der Waals surface area contributed by atoms with E-state index in [0.29, 0.717) is 0 Å². The summed E-state index contributed by atoms with van der Waals surface area (Å²) in [6.07, 6.45) is 0. The molecule has 1 aliphatic heterocycles. The molecule has 0 bridgehead atoms. The van der Waals surface area contributed by atoms with Gasteiger partial charge in [-0.3, -0.25) is 4.90 Å². The normalized spacial score (nSPS) is 15.8. The molecule has 0 unspecified atom stereocenters. The monoisotopic (exact) mass is 505 g/mol. The number of aryl methyl sites for hydroxylation is 2. The van der Waals surface area contributed by atoms with Gasteiger partial charge in [0.15, 0.2) is 5.96 Å². The number of piperazine rings is 1. The summed E-state index contributed by atoms with van der Waals surface area (Å²) >= 11 is 3.60. The summed E-state index contributed by atoms with van der Waals surface area (Å²) < 4.78 is 0. The molecule has 0 amide bonds. The molecule has 1 fully saturated rings. The molecule has 2 aromatic heterocycles. The summed E-state index contributed by atoms with van der Waals surface area (Å²) in [5.41, 5.74) is 1.11. The van der Waals surface area contributed by atoms with E-state index >= 15 is 0 Å². The van der Waals surface area contributed by atoms with Crippen molar-refractivity contribution in [3.05, 3.63) is 38.0 Å². The zero-order valence-electron chi connectivity index (χ0n) is 15.7. The number of nitrogens with one attached hydrogen (secondary N) is 1. The Labute approximate surface area is 181 Å². The van der Waals surface area contributed by atoms with Crippen LogP contribution in [0.5, 0.6) is 0 Å². The van der Waals surface area contributed by atoms with Crippen LogP contribution in [0.2, 0.25) is 0 Å². The van der Waals surface area contributed by atoms with Crippen LogP contribution in [0.1, 0.15) is 27.4 Å². The summed E-state index contributed by atoms with van der Waals surface area (Å²) in [5, 5.41) is 6.73. The van der Waals surface area contributed by atoms with E-state index in [-0.39, 0.29) is 24.0 Å². The van der Waals surface area contributed by atoms with Gasteiger partial charge in [-0.15, -0.1) is 46.7 Å². The van der Waals surface area contributed by atoms with Gasteiger partial charge in [0, 0.05) is 49.0 Å². The Morgan fingerprint density at radius 2 is 2.04 bits per heavy atom. The summed E-state index contributed by atoms with van der Waals surface area (Å²) in [6.45, 7) is 13.2. The van der Waals surface area contributed by atoms with Crippen LogP contribution in [0.3, 0.4) is 0 Å². The molecular weight excluding hydrogens is 477 g/mol. The van der Waals surface area contributed by atoms with E-state index in [1.807, 2.05) is 11.3 Å². The van der Waals surface area contributed by atoms with Crippen molar-refractivity contribution in [1.82, 2.24) is 20.1 Å². The minimum Gasteiger partial charge on any atom is -0.357 e. The van der Waals surface area contributed by atoms with Gasteiger partial charge in [0.2, 0.25) is 0 Å². The number of hydrogen-bond acceptors (Lipinski definition) is 5. The van der Waals surface area contributed by atoms with Gasteiger partial charge in [-0.25, -0.2) is 9.98 Å². The lowest BCUT2D eigenvalue weighted by atomic mass is 10.3. The van der Waals surface area contributed by atoms with Crippen molar-refractivity contribution in [2.45, 2.75) is 33.9 Å². The van der Waals surface area contributed by atoms with Gasteiger partial charge in [-0.05, 0) is 32.2 Å². The molecule has 0 saturated carbocycles. The number of aromatic nitrogens is 1. The minimum atomic E-state index is 0. The molecule has 26 heavy (non-hydrogen) atoms. The largest absolute Gasteiger partial charge is 0.357 e. The fourth-order valence-electron chi connectivity index (χ4n) is 3.03. The van der Waals surface area contributed by atoms with Crippen LogP contribution in [0.15, 0.2) is 22.5 Å². The quantitative estimate of drug-likeness (QED) is 0.382. The molecule has 3 rings (SSSR count). The molecule has 144 valence electrons. The van der Waals surface area contributed by atoms with Crippen LogP contribution in [0, 0.1) is 13.8 Å². The van der Waals surface area contributed by atoms with E-state index in [2.05, 4.69) is 58.4 Å². The zero-order valence-corrected chi connectivity index (χ0v) is 19.7. The van der Waals surface area contributed by atoms with Crippen molar-refractivity contribution in [2.75, 3.05) is 32.7 Å². The number of thiazole rings is 1. The standard InChI is InChI=1S/C18H27N5S2.HI/c1-4-19-18(20-12-17-14(2)21-15(3)25-17)23-9-7-22(8-10-23)13-16-6-5-11-24-16;/h5-6,11H,4,7-10,12-13H2,1-3H3,(H,19,20);1H. The summed E-state index contributed by atoms with van der Waals surface area (Å²) in [7, 11) is 0. The van der Waals surface area contributed by atoms with Crippen LogP contribution >= 0.6 is 46.7 Å². The lowest BCUT2D eigenvalue weighted by Gasteiger charge is -2.36. The van der Waals surface area contributed by atoms with Crippen LogP contribution < -0.4 is 5.32 Å². The van der Waals surface area contributed by atoms with Gasteiger partial charge in [0.05, 0.1) is 17.2 Å². The average Bonchev–Trinajstić information content (AvgIpc) is 3.22. The van der Waals surface area contributed by atoms with E-state index in [0.717, 1.165) is 62.5 Å². The van der Waals surface area contributed by atoms with Crippen molar-refractivity contribution < 1.29 is 0 Å². The predicted octanol–water partition coefficient (Wildman–Crippen LogP) is 3.72. The lowest BCUT2D eigenvalue weighted by Crippen LogP contribution is -2.52. The Kier molecular flexibility index (Phi) is 8.78. The first-order chi connectivity index (χ1) is 12.2. The SMILES string of the molecule is CCNC(=NCc1sc(C)nc1C)N1CCN(Cc2cccs2)CC1.I. The highest BCUT2D eigenvalue weighted by Gasteiger charge is 2.20. The fourth-order valence-corrected chi connectivity index (χ4v) is 4.64. The van der Waals surface area contributed by atoms with Crippen LogP contribution in [-0.2, 0) is 13.1 Å². The first-order valence-corrected chi connectivity index (χ1v) is 10.6. The molecule has 0 aromatic carbocycles. The second-order valence-corrected chi connectivity index (χ2v) is 8.57. The topological polar surface area (TPSA) is 43.8 Å². The van der Waals surface area contributed by atoms with E-state index in [1.54, 1.807) is 11.3 Å². The number of hydrogen-bond donors (Lipinski definition) is 1. The Balaban J connectivity index is 0.00000243. The van der Waals surface area contributed by atoms with E-state index in [1.165, 1.54) is 9.75 Å². The molecule has 3 heterocycles. The second-order valence-electron chi connectivity index (χ2n) is 6.25. The highest BCUT2D eigenvalue weighted by molar-refractivity contribution is 14.0. The summed E-state index contributed by atoms with van der Waals surface area (Å²) in [6, 6.07) is 4.36. The minimum absolute atomic E-state index is 0. The second kappa shape index (κ2) is 10.6. The maximum Gasteiger partial charge on any atom is 0.194 e. The molecule has 1 N–H and O–H groups in total. The van der Waals surface area contributed by atoms with Crippen LogP contribution in [-0.4, -0.2) is 53.5 Å². The average molecular weight is 505 g/mol. The van der Waals surface area contributed by atoms with Gasteiger partial charge in [0.1, 0.15) is 0 Å². The van der Waals surface area contributed by atoms with Gasteiger partial charge in [0.25, 0.3) is 0 Å². The third-order valence-electron chi connectivity index (χ3n) is 4.34. The maximum atomic E-state index is 4.87. The molecule has 5 nitrogen and oxygen atoms in total. The molecule has 0 aliphatic carbocycles. The molecule has 2 aromatic rings. The maximum absolute atomic E-state index is 4.87. The molecule has 1 aliphatic rings. The highest BCUT2D eigenvalue weighted by Crippen LogP contribution is 2.18. The molecule has 0 atom stereocenters. The van der Waals surface area contributed by atoms with Crippen LogP contribution in [0.4, 0.5) is 0 Å². The number of rotatable bonds is 5. The number of guanidine groups is 1. The van der Waals surface area contributed by atoms with Crippen molar-refractivity contribution in [3.8, 4) is 0 Å². The zero-order chi connectivity index (χ0) is 17.6. The number of nitrogens with zero attached hydrogens (tertiary/aromatic N) is 4. The Bertz CT molecular complexity index is 691. The Morgan fingerprint density at radius 1 is 1.27 bits per heavy atom. The van der Waals surface area contributed by atoms with Crippen molar-refractivity contribution in [1.29, 1.82) is 0 Å². The molecule has 0 radical (unpaired) electrons. The fraction of sp³-hybridized carbons (Fsp3) is 0.556. The van der Waals surface area contributed by atoms with Gasteiger partial charge in [-0.1, -0.05) is 6.07 Å². The molecule has 8 heteroatoms. The number of halogens is 1. The Morgan fingerprint density at radius 3 is 2.62 bits per heavy atom. The van der Waals surface area contributed by atoms with E-state index in [9.17, 15) is 0 Å². The smallest absolute Gasteiger partial charge is 0.194 e. The van der Waals surface area contributed by atoms with Gasteiger partial charge >= 0.3 is 0 Å². The lowest BCUT2D eigenvalue weighted by molar-refractivity contribution is 0.173. The summed E-state index contributed by atoms with van der Waals surface area (Å²) in [5.74, 6) is 1.03. The van der Waals surface area contributed by atoms with Crippen molar-refractivity contribution in [3.63, 3.8) is 0 Å². The van der Waals surface area contributed by atoms with Crippen molar-refractivity contribution >= 4 is 52.6 Å².